The number of hydrogen-bond acceptors (Lipinski definition) is 8. The number of carbonyl (C=O) groups is 4. The lowest BCUT2D eigenvalue weighted by Gasteiger charge is -2.39. The molecular formula is C43H48ClN3O8. The molecule has 0 aromatic heterocycles. The number of likely N-dealkylation sites (tertiary alicyclic amines) is 1. The average molecular weight is 770 g/mol. The zero-order valence-electron chi connectivity index (χ0n) is 31.1. The van der Waals surface area contributed by atoms with Crippen LogP contribution >= 0.6 is 11.6 Å². The summed E-state index contributed by atoms with van der Waals surface area (Å²) in [5, 5.41) is 14.3. The topological polar surface area (TPSA) is 135 Å². The maximum absolute atomic E-state index is 15.2. The van der Waals surface area contributed by atoms with Crippen LogP contribution in [-0.4, -0.2) is 84.4 Å². The van der Waals surface area contributed by atoms with Crippen molar-refractivity contribution in [3.63, 3.8) is 0 Å². The number of hydrogen-bond donors (Lipinski definition) is 2. The summed E-state index contributed by atoms with van der Waals surface area (Å²) in [7, 11) is 1.49. The number of carbonyl (C=O) groups excluding carboxylic acids is 4. The molecule has 3 fully saturated rings. The summed E-state index contributed by atoms with van der Waals surface area (Å²) in [5.74, 6) is -4.13. The van der Waals surface area contributed by atoms with Gasteiger partial charge in [-0.2, -0.15) is 0 Å². The summed E-state index contributed by atoms with van der Waals surface area (Å²) in [5.41, 5.74) is 1.01. The van der Waals surface area contributed by atoms with E-state index in [1.165, 1.54) is 16.9 Å². The standard InChI is InChI=1S/C43H48ClN3O8/c1-5-7-21-34(49)45-31(26-53-4)38(29-18-12-9-13-19-29)54-42(52)35-33-22-23-43(55-33)36(35)40(50)47(32(25-48)28-16-10-8-11-17-28)39(43)41(51)46(24-6-2)37-27(3)15-14-20-30(37)44/h5-6,8-20,31-33,35-36,38-39,48H,1-2,7,21-26H2,3-4H3,(H,45,49)/t31-,32-,33-,35+,36+,38-,39-,43+/m1/s1. The van der Waals surface area contributed by atoms with Crippen molar-refractivity contribution in [2.45, 2.75) is 68.5 Å². The van der Waals surface area contributed by atoms with E-state index in [1.807, 2.05) is 25.1 Å². The third-order valence-electron chi connectivity index (χ3n) is 11.0. The summed E-state index contributed by atoms with van der Waals surface area (Å²) < 4.78 is 18.6. The van der Waals surface area contributed by atoms with Crippen molar-refractivity contribution < 1.29 is 38.5 Å². The van der Waals surface area contributed by atoms with E-state index in [9.17, 15) is 14.7 Å². The van der Waals surface area contributed by atoms with Gasteiger partial charge < -0.3 is 34.4 Å². The Morgan fingerprint density at radius 3 is 2.36 bits per heavy atom. The third-order valence-corrected chi connectivity index (χ3v) is 11.3. The fourth-order valence-corrected chi connectivity index (χ4v) is 8.99. The lowest BCUT2D eigenvalue weighted by molar-refractivity contribution is -0.163. The number of halogens is 1. The van der Waals surface area contributed by atoms with Crippen LogP contribution in [0.5, 0.6) is 0 Å². The Hall–Kier alpha value is -4.81. The molecule has 1 spiro atoms. The van der Waals surface area contributed by atoms with E-state index >= 15 is 9.59 Å². The van der Waals surface area contributed by atoms with Crippen molar-refractivity contribution in [3.8, 4) is 0 Å². The Morgan fingerprint density at radius 1 is 1.05 bits per heavy atom. The van der Waals surface area contributed by atoms with Crippen molar-refractivity contribution in [2.24, 2.45) is 11.8 Å². The number of aryl methyl sites for hydroxylation is 1. The molecule has 3 aliphatic rings. The first kappa shape index (κ1) is 39.9. The molecule has 8 atom stereocenters. The first-order chi connectivity index (χ1) is 26.6. The second-order valence-corrected chi connectivity index (χ2v) is 14.7. The maximum atomic E-state index is 15.2. The van der Waals surface area contributed by atoms with Gasteiger partial charge in [0.2, 0.25) is 11.8 Å². The monoisotopic (exact) mass is 769 g/mol. The average Bonchev–Trinajstić information content (AvgIpc) is 3.84. The molecular weight excluding hydrogens is 722 g/mol. The number of rotatable bonds is 17. The molecule has 3 amide bonds. The Labute approximate surface area is 326 Å². The molecule has 3 aromatic rings. The minimum atomic E-state index is -1.42. The summed E-state index contributed by atoms with van der Waals surface area (Å²) in [4.78, 5) is 60.9. The molecule has 12 heteroatoms. The number of nitrogens with one attached hydrogen (secondary N) is 1. The van der Waals surface area contributed by atoms with Crippen molar-refractivity contribution in [1.82, 2.24) is 10.2 Å². The number of ether oxygens (including phenoxy) is 3. The van der Waals surface area contributed by atoms with Gasteiger partial charge in [0.05, 0.1) is 53.9 Å². The molecule has 0 saturated carbocycles. The minimum absolute atomic E-state index is 0.0315. The van der Waals surface area contributed by atoms with Gasteiger partial charge in [0.25, 0.3) is 5.91 Å². The molecule has 0 radical (unpaired) electrons. The van der Waals surface area contributed by atoms with Crippen LogP contribution in [0, 0.1) is 18.8 Å². The molecule has 2 N–H and O–H groups in total. The van der Waals surface area contributed by atoms with Gasteiger partial charge in [0.15, 0.2) is 0 Å². The van der Waals surface area contributed by atoms with E-state index < -0.39 is 72.2 Å². The van der Waals surface area contributed by atoms with Crippen molar-refractivity contribution in [1.29, 1.82) is 0 Å². The van der Waals surface area contributed by atoms with E-state index in [-0.39, 0.29) is 25.5 Å². The van der Waals surface area contributed by atoms with E-state index in [0.717, 1.165) is 5.56 Å². The molecule has 6 rings (SSSR count). The molecule has 2 bridgehead atoms. The van der Waals surface area contributed by atoms with Crippen LogP contribution in [0.4, 0.5) is 5.69 Å². The lowest BCUT2D eigenvalue weighted by Crippen LogP contribution is -2.57. The summed E-state index contributed by atoms with van der Waals surface area (Å²) in [6.45, 7) is 9.05. The van der Waals surface area contributed by atoms with Gasteiger partial charge >= 0.3 is 5.97 Å². The highest BCUT2D eigenvalue weighted by molar-refractivity contribution is 6.34. The van der Waals surface area contributed by atoms with Gasteiger partial charge in [-0.05, 0) is 48.9 Å². The van der Waals surface area contributed by atoms with Gasteiger partial charge in [0.1, 0.15) is 17.7 Å². The number of amides is 3. The number of para-hydroxylation sites is 1. The highest BCUT2D eigenvalue weighted by atomic mass is 35.5. The first-order valence-electron chi connectivity index (χ1n) is 18.6. The number of benzene rings is 3. The molecule has 290 valence electrons. The predicted octanol–water partition coefficient (Wildman–Crippen LogP) is 5.66. The Balaban J connectivity index is 1.42. The van der Waals surface area contributed by atoms with E-state index in [1.54, 1.807) is 72.8 Å². The molecule has 0 aliphatic carbocycles. The lowest BCUT2D eigenvalue weighted by atomic mass is 9.70. The highest BCUT2D eigenvalue weighted by Gasteiger charge is 2.76. The summed E-state index contributed by atoms with van der Waals surface area (Å²) in [6, 6.07) is 20.4. The van der Waals surface area contributed by atoms with Gasteiger partial charge in [-0.3, -0.25) is 19.2 Å². The Morgan fingerprint density at radius 2 is 1.75 bits per heavy atom. The van der Waals surface area contributed by atoms with Gasteiger partial charge in [0, 0.05) is 20.1 Å². The van der Waals surface area contributed by atoms with Crippen LogP contribution in [0.3, 0.4) is 0 Å². The normalized spacial score (nSPS) is 24.1. The van der Waals surface area contributed by atoms with E-state index in [0.29, 0.717) is 41.1 Å². The van der Waals surface area contributed by atoms with Crippen LogP contribution in [0.15, 0.2) is 104 Å². The zero-order valence-corrected chi connectivity index (χ0v) is 31.9. The highest BCUT2D eigenvalue weighted by Crippen LogP contribution is 2.60. The van der Waals surface area contributed by atoms with Crippen molar-refractivity contribution in [3.05, 3.63) is 126 Å². The van der Waals surface area contributed by atoms with Gasteiger partial charge in [-0.15, -0.1) is 13.2 Å². The second kappa shape index (κ2) is 17.3. The molecule has 3 aliphatic heterocycles. The Kier molecular flexibility index (Phi) is 12.6. The molecule has 0 unspecified atom stereocenters. The SMILES string of the molecule is C=CCCC(=O)N[C@H](COC)[C@H](OC(=O)[C@@H]1[C@H]2C(=O)N([C@H](CO)c3ccccc3)[C@H](C(=O)N(CC=C)c3c(C)cccc3Cl)[C@]23CC[C@H]1O3)c1ccccc1. The van der Waals surface area contributed by atoms with Gasteiger partial charge in [-0.25, -0.2) is 0 Å². The second-order valence-electron chi connectivity index (χ2n) is 14.3. The molecule has 55 heavy (non-hydrogen) atoms. The Bertz CT molecular complexity index is 1870. The smallest absolute Gasteiger partial charge is 0.313 e. The third kappa shape index (κ3) is 7.58. The van der Waals surface area contributed by atoms with E-state index in [2.05, 4.69) is 18.5 Å². The van der Waals surface area contributed by atoms with Crippen molar-refractivity contribution >= 4 is 41.0 Å². The molecule has 11 nitrogen and oxygen atoms in total. The molecule has 3 saturated heterocycles. The quantitative estimate of drug-likeness (QED) is 0.133. The number of fused-ring (bicyclic) bond motifs is 1. The van der Waals surface area contributed by atoms with Crippen LogP contribution in [0.2, 0.25) is 5.02 Å². The fourth-order valence-electron chi connectivity index (χ4n) is 8.66. The summed E-state index contributed by atoms with van der Waals surface area (Å²) in [6.07, 6.45) is 2.87. The van der Waals surface area contributed by atoms with Crippen LogP contribution < -0.4 is 10.2 Å². The predicted molar refractivity (Wildman–Crippen MR) is 208 cm³/mol. The zero-order chi connectivity index (χ0) is 39.3. The number of methoxy groups -OCH3 is 1. The molecule has 3 aromatic carbocycles. The van der Waals surface area contributed by atoms with Gasteiger partial charge in [-0.1, -0.05) is 96.5 Å². The first-order valence-corrected chi connectivity index (χ1v) is 19.0. The van der Waals surface area contributed by atoms with Crippen molar-refractivity contribution in [2.75, 3.05) is 31.8 Å². The minimum Gasteiger partial charge on any atom is -0.455 e. The number of allylic oxidation sites excluding steroid dienone is 1. The number of anilines is 1. The van der Waals surface area contributed by atoms with Crippen LogP contribution in [0.25, 0.3) is 0 Å². The van der Waals surface area contributed by atoms with Crippen LogP contribution in [0.1, 0.15) is 54.5 Å². The fraction of sp³-hybridized carbons (Fsp3) is 0.395. The number of nitrogens with zero attached hydrogens (tertiary/aromatic N) is 2. The maximum Gasteiger partial charge on any atom is 0.313 e. The number of esters is 1. The van der Waals surface area contributed by atoms with E-state index in [4.69, 9.17) is 25.8 Å². The van der Waals surface area contributed by atoms with Crippen LogP contribution in [-0.2, 0) is 33.4 Å². The number of aliphatic hydroxyl groups excluding tert-OH is 1. The summed E-state index contributed by atoms with van der Waals surface area (Å²) >= 11 is 6.74. The largest absolute Gasteiger partial charge is 0.455 e. The number of aliphatic hydroxyl groups is 1. The molecule has 3 heterocycles.